The summed E-state index contributed by atoms with van der Waals surface area (Å²) in [5, 5.41) is 20.9. The highest BCUT2D eigenvalue weighted by Crippen LogP contribution is 2.41. The third kappa shape index (κ3) is 3.11. The highest BCUT2D eigenvalue weighted by atomic mass is 32.1. The summed E-state index contributed by atoms with van der Waals surface area (Å²) in [6, 6.07) is 10.6. The molecule has 1 saturated heterocycles. The van der Waals surface area contributed by atoms with Crippen LogP contribution < -0.4 is 0 Å². The molecule has 25 heavy (non-hydrogen) atoms. The van der Waals surface area contributed by atoms with Crippen LogP contribution in [0.1, 0.15) is 24.1 Å². The number of rotatable bonds is 5. The van der Waals surface area contributed by atoms with Crippen LogP contribution in [-0.2, 0) is 5.41 Å². The summed E-state index contributed by atoms with van der Waals surface area (Å²) >= 11 is 1.66. The van der Waals surface area contributed by atoms with Crippen LogP contribution in [0.25, 0.3) is 4.96 Å². The molecule has 6 heteroatoms. The molecule has 3 aromatic rings. The first-order valence-electron chi connectivity index (χ1n) is 8.71. The molecule has 1 unspecified atom stereocenters. The quantitative estimate of drug-likeness (QED) is 0.734. The largest absolute Gasteiger partial charge is 0.394 e. The van der Waals surface area contributed by atoms with Crippen molar-refractivity contribution in [2.24, 2.45) is 0 Å². The molecule has 0 aliphatic carbocycles. The third-order valence-electron chi connectivity index (χ3n) is 5.30. The lowest BCUT2D eigenvalue weighted by atomic mass is 9.70. The molecule has 132 valence electrons. The smallest absolute Gasteiger partial charge is 0.193 e. The predicted molar refractivity (Wildman–Crippen MR) is 99.1 cm³/mol. The first kappa shape index (κ1) is 16.7. The first-order valence-corrected chi connectivity index (χ1v) is 9.59. The van der Waals surface area contributed by atoms with E-state index in [9.17, 15) is 5.11 Å². The lowest BCUT2D eigenvalue weighted by molar-refractivity contribution is 0.0463. The first-order chi connectivity index (χ1) is 12.2. The van der Waals surface area contributed by atoms with E-state index in [4.69, 9.17) is 10.1 Å². The summed E-state index contributed by atoms with van der Waals surface area (Å²) in [5.74, 6) is 0. The van der Waals surface area contributed by atoms with Crippen LogP contribution >= 0.6 is 11.3 Å². The number of benzene rings is 1. The minimum absolute atomic E-state index is 0.0896. The number of likely N-dealkylation sites (tertiary alicyclic amines) is 1. The fraction of sp³-hybridized carbons (Fsp3) is 0.421. The van der Waals surface area contributed by atoms with Gasteiger partial charge >= 0.3 is 0 Å². The summed E-state index contributed by atoms with van der Waals surface area (Å²) in [5.41, 5.74) is 2.35. The van der Waals surface area contributed by atoms with Crippen molar-refractivity contribution in [3.63, 3.8) is 0 Å². The SMILES string of the molecule is OCC(O)CN1CCC(c2ccccc2)(c2cn3ccsc3n2)CC1. The minimum Gasteiger partial charge on any atom is -0.394 e. The predicted octanol–water partition coefficient (Wildman–Crippen LogP) is 2.13. The maximum atomic E-state index is 9.74. The van der Waals surface area contributed by atoms with E-state index in [0.29, 0.717) is 6.54 Å². The van der Waals surface area contributed by atoms with E-state index in [0.717, 1.165) is 36.6 Å². The van der Waals surface area contributed by atoms with Crippen LogP contribution in [0.4, 0.5) is 0 Å². The number of hydrogen-bond donors (Lipinski definition) is 2. The fourth-order valence-electron chi connectivity index (χ4n) is 3.88. The number of aliphatic hydroxyl groups is 2. The number of nitrogens with zero attached hydrogens (tertiary/aromatic N) is 3. The van der Waals surface area contributed by atoms with Gasteiger partial charge in [0.1, 0.15) is 0 Å². The molecule has 1 atom stereocenters. The highest BCUT2D eigenvalue weighted by Gasteiger charge is 2.40. The summed E-state index contributed by atoms with van der Waals surface area (Å²) in [7, 11) is 0. The fourth-order valence-corrected chi connectivity index (χ4v) is 4.58. The lowest BCUT2D eigenvalue weighted by Gasteiger charge is -2.41. The van der Waals surface area contributed by atoms with Gasteiger partial charge in [0.15, 0.2) is 4.96 Å². The Morgan fingerprint density at radius 2 is 1.96 bits per heavy atom. The van der Waals surface area contributed by atoms with Gasteiger partial charge in [-0.25, -0.2) is 4.98 Å². The van der Waals surface area contributed by atoms with Gasteiger partial charge in [-0.1, -0.05) is 30.3 Å². The van der Waals surface area contributed by atoms with Crippen molar-refractivity contribution in [3.05, 3.63) is 59.4 Å². The van der Waals surface area contributed by atoms with Crippen LogP contribution in [-0.4, -0.2) is 56.8 Å². The summed E-state index contributed by atoms with van der Waals surface area (Å²) in [6.07, 6.45) is 5.47. The van der Waals surface area contributed by atoms with E-state index in [1.165, 1.54) is 5.56 Å². The van der Waals surface area contributed by atoms with Crippen LogP contribution in [0.5, 0.6) is 0 Å². The molecule has 3 heterocycles. The average Bonchev–Trinajstić information content (AvgIpc) is 3.25. The van der Waals surface area contributed by atoms with Crippen LogP contribution in [0, 0.1) is 0 Å². The molecule has 0 bridgehead atoms. The Morgan fingerprint density at radius 1 is 1.20 bits per heavy atom. The molecule has 1 aromatic carbocycles. The van der Waals surface area contributed by atoms with Crippen molar-refractivity contribution in [2.75, 3.05) is 26.2 Å². The Labute approximate surface area is 151 Å². The zero-order valence-corrected chi connectivity index (χ0v) is 14.9. The standard InChI is InChI=1S/C19H23N3O2S/c23-14-16(24)12-21-8-6-19(7-9-21,15-4-2-1-3-5-15)17-13-22-10-11-25-18(22)20-17/h1-5,10-11,13,16,23-24H,6-9,12,14H2. The van der Waals surface area contributed by atoms with Crippen molar-refractivity contribution in [1.29, 1.82) is 0 Å². The van der Waals surface area contributed by atoms with Gasteiger partial charge in [-0.3, -0.25) is 4.40 Å². The third-order valence-corrected chi connectivity index (χ3v) is 6.07. The summed E-state index contributed by atoms with van der Waals surface area (Å²) < 4.78 is 2.10. The molecule has 2 N–H and O–H groups in total. The molecular weight excluding hydrogens is 334 g/mol. The van der Waals surface area contributed by atoms with Gasteiger partial charge in [0.2, 0.25) is 0 Å². The molecule has 5 nitrogen and oxygen atoms in total. The van der Waals surface area contributed by atoms with Gasteiger partial charge in [-0.05, 0) is 31.5 Å². The Balaban J connectivity index is 1.66. The molecule has 1 aliphatic rings. The molecule has 0 saturated carbocycles. The zero-order valence-electron chi connectivity index (χ0n) is 14.1. The van der Waals surface area contributed by atoms with Crippen LogP contribution in [0.3, 0.4) is 0 Å². The van der Waals surface area contributed by atoms with Gasteiger partial charge in [0.25, 0.3) is 0 Å². The van der Waals surface area contributed by atoms with E-state index in [2.05, 4.69) is 57.4 Å². The normalized spacial score (nSPS) is 19.3. The number of aliphatic hydroxyl groups excluding tert-OH is 2. The van der Waals surface area contributed by atoms with E-state index in [-0.39, 0.29) is 12.0 Å². The summed E-state index contributed by atoms with van der Waals surface area (Å²) in [4.78, 5) is 8.19. The van der Waals surface area contributed by atoms with Crippen LogP contribution in [0.2, 0.25) is 0 Å². The molecule has 0 amide bonds. The molecule has 1 fully saturated rings. The Kier molecular flexibility index (Phi) is 4.60. The molecule has 2 aromatic heterocycles. The maximum Gasteiger partial charge on any atom is 0.193 e. The van der Waals surface area contributed by atoms with E-state index in [1.807, 2.05) is 0 Å². The zero-order chi connectivity index (χ0) is 17.3. The van der Waals surface area contributed by atoms with Gasteiger partial charge < -0.3 is 15.1 Å². The van der Waals surface area contributed by atoms with Crippen LogP contribution in [0.15, 0.2) is 48.1 Å². The number of thiazole rings is 1. The van der Waals surface area contributed by atoms with Gasteiger partial charge in [-0.15, -0.1) is 11.3 Å². The molecule has 0 radical (unpaired) electrons. The summed E-state index contributed by atoms with van der Waals surface area (Å²) in [6.45, 7) is 2.12. The van der Waals surface area contributed by atoms with Crippen molar-refractivity contribution in [3.8, 4) is 0 Å². The monoisotopic (exact) mass is 357 g/mol. The highest BCUT2D eigenvalue weighted by molar-refractivity contribution is 7.15. The second-order valence-electron chi connectivity index (χ2n) is 6.80. The number of hydrogen-bond acceptors (Lipinski definition) is 5. The number of imidazole rings is 1. The minimum atomic E-state index is -0.665. The Morgan fingerprint density at radius 3 is 2.64 bits per heavy atom. The van der Waals surface area contributed by atoms with Crippen molar-refractivity contribution in [2.45, 2.75) is 24.4 Å². The number of piperidine rings is 1. The molecule has 1 aliphatic heterocycles. The average molecular weight is 357 g/mol. The van der Waals surface area contributed by atoms with E-state index in [1.54, 1.807) is 11.3 Å². The van der Waals surface area contributed by atoms with Gasteiger partial charge in [0, 0.05) is 29.7 Å². The number of fused-ring (bicyclic) bond motifs is 1. The molecule has 0 spiro atoms. The van der Waals surface area contributed by atoms with Gasteiger partial charge in [0.05, 0.1) is 18.4 Å². The van der Waals surface area contributed by atoms with E-state index < -0.39 is 6.10 Å². The second kappa shape index (κ2) is 6.88. The lowest BCUT2D eigenvalue weighted by Crippen LogP contribution is -2.46. The molecular formula is C19H23N3O2S. The molecule has 4 rings (SSSR count). The van der Waals surface area contributed by atoms with Crippen molar-refractivity contribution < 1.29 is 10.2 Å². The van der Waals surface area contributed by atoms with Crippen molar-refractivity contribution in [1.82, 2.24) is 14.3 Å². The topological polar surface area (TPSA) is 61.0 Å². The van der Waals surface area contributed by atoms with E-state index >= 15 is 0 Å². The van der Waals surface area contributed by atoms with Crippen molar-refractivity contribution >= 4 is 16.3 Å². The Bertz CT molecular complexity index is 793. The second-order valence-corrected chi connectivity index (χ2v) is 7.68. The number of β-amino-alcohol motifs (C(OH)–C–C–N with tert-alkyl or cyclic N) is 1. The Hall–Kier alpha value is -1.73. The number of aromatic nitrogens is 2. The van der Waals surface area contributed by atoms with Gasteiger partial charge in [-0.2, -0.15) is 0 Å². The maximum absolute atomic E-state index is 9.74.